The fourth-order valence-electron chi connectivity index (χ4n) is 2.76. The van der Waals surface area contributed by atoms with Crippen LogP contribution in [0.1, 0.15) is 17.9 Å². The molecule has 1 aliphatic rings. The zero-order valence-corrected chi connectivity index (χ0v) is 11.8. The van der Waals surface area contributed by atoms with Gasteiger partial charge in [-0.2, -0.15) is 0 Å². The van der Waals surface area contributed by atoms with E-state index in [0.29, 0.717) is 0 Å². The van der Waals surface area contributed by atoms with Crippen LogP contribution in [0.15, 0.2) is 24.3 Å². The second kappa shape index (κ2) is 6.06. The smallest absolute Gasteiger partial charge is 0.310 e. The van der Waals surface area contributed by atoms with Gasteiger partial charge in [0.1, 0.15) is 5.75 Å². The predicted molar refractivity (Wildman–Crippen MR) is 73.4 cm³/mol. The van der Waals surface area contributed by atoms with E-state index in [4.69, 9.17) is 9.47 Å². The second-order valence-electron chi connectivity index (χ2n) is 5.06. The minimum absolute atomic E-state index is 0.0860. The van der Waals surface area contributed by atoms with E-state index in [0.717, 1.165) is 25.3 Å². The molecule has 0 bridgehead atoms. The quantitative estimate of drug-likeness (QED) is 0.781. The van der Waals surface area contributed by atoms with Gasteiger partial charge < -0.3 is 14.4 Å². The summed E-state index contributed by atoms with van der Waals surface area (Å²) in [6.07, 6.45) is 0.975. The van der Waals surface area contributed by atoms with Gasteiger partial charge in [-0.25, -0.2) is 0 Å². The Morgan fingerprint density at radius 1 is 1.26 bits per heavy atom. The van der Waals surface area contributed by atoms with Crippen LogP contribution in [0.2, 0.25) is 0 Å². The third-order valence-electron chi connectivity index (χ3n) is 3.86. The maximum Gasteiger partial charge on any atom is 0.310 e. The first kappa shape index (κ1) is 13.9. The van der Waals surface area contributed by atoms with Crippen molar-refractivity contribution >= 4 is 5.97 Å². The molecule has 4 nitrogen and oxygen atoms in total. The molecule has 2 rings (SSSR count). The molecule has 19 heavy (non-hydrogen) atoms. The normalized spacial score (nSPS) is 23.9. The lowest BCUT2D eigenvalue weighted by Crippen LogP contribution is -2.41. The molecule has 0 aromatic heterocycles. The molecule has 0 radical (unpaired) electrons. The lowest BCUT2D eigenvalue weighted by atomic mass is 9.80. The number of piperidine rings is 1. The zero-order valence-electron chi connectivity index (χ0n) is 11.8. The van der Waals surface area contributed by atoms with E-state index in [-0.39, 0.29) is 17.8 Å². The highest BCUT2D eigenvalue weighted by molar-refractivity contribution is 5.74. The van der Waals surface area contributed by atoms with Crippen LogP contribution in [-0.4, -0.2) is 45.2 Å². The Kier molecular flexibility index (Phi) is 4.43. The molecule has 104 valence electrons. The molecule has 1 aromatic rings. The van der Waals surface area contributed by atoms with Crippen LogP contribution in [0.5, 0.6) is 5.75 Å². The van der Waals surface area contributed by atoms with Gasteiger partial charge in [0.15, 0.2) is 0 Å². The lowest BCUT2D eigenvalue weighted by molar-refractivity contribution is -0.148. The van der Waals surface area contributed by atoms with E-state index in [1.165, 1.54) is 12.7 Å². The monoisotopic (exact) mass is 263 g/mol. The van der Waals surface area contributed by atoms with E-state index in [2.05, 4.69) is 4.90 Å². The summed E-state index contributed by atoms with van der Waals surface area (Å²) in [5.41, 5.74) is 1.18. The number of carbonyl (C=O) groups is 1. The molecule has 0 aliphatic carbocycles. The van der Waals surface area contributed by atoms with E-state index < -0.39 is 0 Å². The number of hydrogen-bond acceptors (Lipinski definition) is 4. The van der Waals surface area contributed by atoms with Crippen molar-refractivity contribution in [3.8, 4) is 5.75 Å². The Morgan fingerprint density at radius 2 is 1.95 bits per heavy atom. The third-order valence-corrected chi connectivity index (χ3v) is 3.86. The summed E-state index contributed by atoms with van der Waals surface area (Å²) in [6.45, 7) is 1.76. The van der Waals surface area contributed by atoms with E-state index in [1.54, 1.807) is 7.11 Å². The third kappa shape index (κ3) is 3.07. The van der Waals surface area contributed by atoms with Crippen LogP contribution in [0.4, 0.5) is 0 Å². The summed E-state index contributed by atoms with van der Waals surface area (Å²) in [5, 5.41) is 0. The SMILES string of the molecule is COC(=O)C1CN(C)CCC1c1ccc(OC)cc1. The average Bonchev–Trinajstić information content (AvgIpc) is 2.46. The van der Waals surface area contributed by atoms with Crippen molar-refractivity contribution in [1.29, 1.82) is 0 Å². The van der Waals surface area contributed by atoms with Crippen LogP contribution in [0, 0.1) is 5.92 Å². The maximum atomic E-state index is 11.9. The number of benzene rings is 1. The first-order chi connectivity index (χ1) is 9.15. The summed E-state index contributed by atoms with van der Waals surface area (Å²) in [5.74, 6) is 0.866. The fraction of sp³-hybridized carbons (Fsp3) is 0.533. The molecule has 0 amide bonds. The lowest BCUT2D eigenvalue weighted by Gasteiger charge is -2.35. The van der Waals surface area contributed by atoms with Gasteiger partial charge in [-0.3, -0.25) is 4.79 Å². The first-order valence-corrected chi connectivity index (χ1v) is 6.56. The Morgan fingerprint density at radius 3 is 2.53 bits per heavy atom. The average molecular weight is 263 g/mol. The Hall–Kier alpha value is -1.55. The highest BCUT2D eigenvalue weighted by atomic mass is 16.5. The summed E-state index contributed by atoms with van der Waals surface area (Å²) >= 11 is 0. The molecule has 1 fully saturated rings. The molecule has 0 spiro atoms. The number of esters is 1. The van der Waals surface area contributed by atoms with Crippen molar-refractivity contribution in [2.45, 2.75) is 12.3 Å². The van der Waals surface area contributed by atoms with Crippen LogP contribution < -0.4 is 4.74 Å². The number of ether oxygens (including phenoxy) is 2. The number of methoxy groups -OCH3 is 2. The summed E-state index contributed by atoms with van der Waals surface area (Å²) < 4.78 is 10.1. The highest BCUT2D eigenvalue weighted by Gasteiger charge is 2.34. The number of likely N-dealkylation sites (tertiary alicyclic amines) is 1. The molecular formula is C15H21NO3. The molecule has 1 saturated heterocycles. The number of rotatable bonds is 3. The molecule has 1 heterocycles. The summed E-state index contributed by atoms with van der Waals surface area (Å²) in [7, 11) is 5.16. The molecule has 4 heteroatoms. The Bertz CT molecular complexity index is 430. The Balaban J connectivity index is 2.21. The largest absolute Gasteiger partial charge is 0.497 e. The van der Waals surface area contributed by atoms with Gasteiger partial charge in [0.2, 0.25) is 0 Å². The van der Waals surface area contributed by atoms with Crippen molar-refractivity contribution in [2.75, 3.05) is 34.4 Å². The van der Waals surface area contributed by atoms with Gasteiger partial charge in [0.25, 0.3) is 0 Å². The first-order valence-electron chi connectivity index (χ1n) is 6.56. The van der Waals surface area contributed by atoms with Crippen LogP contribution >= 0.6 is 0 Å². The minimum atomic E-state index is -0.118. The van der Waals surface area contributed by atoms with Gasteiger partial charge in [-0.05, 0) is 43.6 Å². The minimum Gasteiger partial charge on any atom is -0.497 e. The van der Waals surface area contributed by atoms with Gasteiger partial charge in [0.05, 0.1) is 20.1 Å². The summed E-state index contributed by atoms with van der Waals surface area (Å²) in [6, 6.07) is 7.99. The second-order valence-corrected chi connectivity index (χ2v) is 5.06. The van der Waals surface area contributed by atoms with Gasteiger partial charge in [0, 0.05) is 6.54 Å². The van der Waals surface area contributed by atoms with Crippen LogP contribution in [0.25, 0.3) is 0 Å². The molecule has 2 unspecified atom stereocenters. The van der Waals surface area contributed by atoms with E-state index >= 15 is 0 Å². The molecule has 0 saturated carbocycles. The van der Waals surface area contributed by atoms with Crippen molar-refractivity contribution in [2.24, 2.45) is 5.92 Å². The van der Waals surface area contributed by atoms with Crippen molar-refractivity contribution in [3.63, 3.8) is 0 Å². The standard InChI is InChI=1S/C15H21NO3/c1-16-9-8-13(14(10-16)15(17)19-3)11-4-6-12(18-2)7-5-11/h4-7,13-14H,8-10H2,1-3H3. The molecule has 1 aliphatic heterocycles. The van der Waals surface area contributed by atoms with E-state index in [9.17, 15) is 4.79 Å². The molecule has 1 aromatic carbocycles. The highest BCUT2D eigenvalue weighted by Crippen LogP contribution is 2.34. The van der Waals surface area contributed by atoms with Crippen molar-refractivity contribution in [3.05, 3.63) is 29.8 Å². The number of nitrogens with zero attached hydrogens (tertiary/aromatic N) is 1. The van der Waals surface area contributed by atoms with Gasteiger partial charge in [-0.15, -0.1) is 0 Å². The van der Waals surface area contributed by atoms with Crippen molar-refractivity contribution < 1.29 is 14.3 Å². The van der Waals surface area contributed by atoms with Gasteiger partial charge in [-0.1, -0.05) is 12.1 Å². The fourth-order valence-corrected chi connectivity index (χ4v) is 2.76. The Labute approximate surface area is 114 Å². The summed E-state index contributed by atoms with van der Waals surface area (Å²) in [4.78, 5) is 14.1. The van der Waals surface area contributed by atoms with Gasteiger partial charge >= 0.3 is 5.97 Å². The predicted octanol–water partition coefficient (Wildman–Crippen LogP) is 1.90. The zero-order chi connectivity index (χ0) is 13.8. The van der Waals surface area contributed by atoms with Crippen molar-refractivity contribution in [1.82, 2.24) is 4.90 Å². The van der Waals surface area contributed by atoms with Crippen LogP contribution in [0.3, 0.4) is 0 Å². The number of carbonyl (C=O) groups excluding carboxylic acids is 1. The maximum absolute atomic E-state index is 11.9. The molecule has 0 N–H and O–H groups in total. The van der Waals surface area contributed by atoms with E-state index in [1.807, 2.05) is 31.3 Å². The molecule has 2 atom stereocenters. The van der Waals surface area contributed by atoms with Crippen LogP contribution in [-0.2, 0) is 9.53 Å². The topological polar surface area (TPSA) is 38.8 Å². The number of hydrogen-bond donors (Lipinski definition) is 0. The molecular weight excluding hydrogens is 242 g/mol.